The highest BCUT2D eigenvalue weighted by Gasteiger charge is 2.20. The van der Waals surface area contributed by atoms with Gasteiger partial charge in [0, 0.05) is 18.2 Å². The van der Waals surface area contributed by atoms with Crippen molar-refractivity contribution in [3.05, 3.63) is 28.0 Å². The lowest BCUT2D eigenvalue weighted by molar-refractivity contribution is 0.562. The number of benzene rings is 1. The predicted octanol–water partition coefficient (Wildman–Crippen LogP) is 4.63. The molecular formula is C15H22BrFN2S. The van der Waals surface area contributed by atoms with E-state index in [-0.39, 0.29) is 10.8 Å². The van der Waals surface area contributed by atoms with E-state index in [2.05, 4.69) is 41.6 Å². The molecule has 2 N–H and O–H groups in total. The molecule has 1 atom stereocenters. The molecule has 0 spiro atoms. The molecule has 1 aromatic rings. The number of rotatable bonds is 7. The summed E-state index contributed by atoms with van der Waals surface area (Å²) in [6, 6.07) is 3.85. The Hall–Kier alpha value is -0.680. The molecule has 0 aromatic heterocycles. The van der Waals surface area contributed by atoms with Crippen LogP contribution >= 0.6 is 28.1 Å². The molecule has 20 heavy (non-hydrogen) atoms. The van der Waals surface area contributed by atoms with Crippen molar-refractivity contribution in [3.63, 3.8) is 0 Å². The molecule has 112 valence electrons. The van der Waals surface area contributed by atoms with Crippen LogP contribution in [0.5, 0.6) is 0 Å². The molecule has 0 saturated heterocycles. The van der Waals surface area contributed by atoms with Gasteiger partial charge in [0.25, 0.3) is 0 Å². The summed E-state index contributed by atoms with van der Waals surface area (Å²) in [4.78, 5) is 2.32. The Morgan fingerprint density at radius 3 is 2.60 bits per heavy atom. The Morgan fingerprint density at radius 2 is 2.10 bits per heavy atom. The lowest BCUT2D eigenvalue weighted by atomic mass is 10.1. The van der Waals surface area contributed by atoms with Crippen molar-refractivity contribution in [1.29, 1.82) is 0 Å². The quantitative estimate of drug-likeness (QED) is 0.718. The molecule has 1 unspecified atom stereocenters. The van der Waals surface area contributed by atoms with Crippen molar-refractivity contribution in [2.45, 2.75) is 46.1 Å². The van der Waals surface area contributed by atoms with Crippen LogP contribution in [0.15, 0.2) is 16.6 Å². The standard InChI is InChI=1S/C15H22BrFN2S/c1-4-6-9-19(10(3)5-2)12-8-7-11(15(18)20)13(16)14(12)17/h7-8,10H,4-6,9H2,1-3H3,(H2,18,20). The minimum atomic E-state index is -0.285. The van der Waals surface area contributed by atoms with E-state index in [0.29, 0.717) is 21.8 Å². The predicted molar refractivity (Wildman–Crippen MR) is 92.0 cm³/mol. The summed E-state index contributed by atoms with van der Waals surface area (Å²) in [6.45, 7) is 7.21. The molecular weight excluding hydrogens is 339 g/mol. The van der Waals surface area contributed by atoms with E-state index in [4.69, 9.17) is 18.0 Å². The molecule has 0 fully saturated rings. The van der Waals surface area contributed by atoms with Gasteiger partial charge in [0.05, 0.1) is 10.2 Å². The molecule has 5 heteroatoms. The first-order chi connectivity index (χ1) is 9.43. The second kappa shape index (κ2) is 7.93. The molecule has 0 aliphatic heterocycles. The maximum atomic E-state index is 14.6. The lowest BCUT2D eigenvalue weighted by Crippen LogP contribution is -2.34. The number of halogens is 2. The second-order valence-electron chi connectivity index (χ2n) is 4.93. The fraction of sp³-hybridized carbons (Fsp3) is 0.533. The number of thiocarbonyl (C=S) groups is 1. The third-order valence-corrected chi connectivity index (χ3v) is 4.51. The molecule has 0 heterocycles. The molecule has 0 aliphatic carbocycles. The SMILES string of the molecule is CCCCN(c1ccc(C(N)=S)c(Br)c1F)C(C)CC. The van der Waals surface area contributed by atoms with E-state index in [1.807, 2.05) is 0 Å². The van der Waals surface area contributed by atoms with Crippen molar-refractivity contribution in [1.82, 2.24) is 0 Å². The van der Waals surface area contributed by atoms with E-state index in [1.54, 1.807) is 12.1 Å². The summed E-state index contributed by atoms with van der Waals surface area (Å²) in [5.74, 6) is -0.285. The van der Waals surface area contributed by atoms with Crippen molar-refractivity contribution in [2.24, 2.45) is 5.73 Å². The first kappa shape index (κ1) is 17.4. The van der Waals surface area contributed by atoms with Gasteiger partial charge in [-0.1, -0.05) is 32.5 Å². The van der Waals surface area contributed by atoms with Gasteiger partial charge in [-0.3, -0.25) is 0 Å². The zero-order chi connectivity index (χ0) is 15.3. The van der Waals surface area contributed by atoms with Gasteiger partial charge in [-0.2, -0.15) is 0 Å². The molecule has 0 saturated carbocycles. The molecule has 0 radical (unpaired) electrons. The maximum Gasteiger partial charge on any atom is 0.161 e. The van der Waals surface area contributed by atoms with Crippen LogP contribution < -0.4 is 10.6 Å². The average Bonchev–Trinajstić information content (AvgIpc) is 2.42. The topological polar surface area (TPSA) is 29.3 Å². The van der Waals surface area contributed by atoms with E-state index in [0.717, 1.165) is 25.8 Å². The summed E-state index contributed by atoms with van der Waals surface area (Å²) in [5, 5.41) is 0. The van der Waals surface area contributed by atoms with Gasteiger partial charge in [-0.05, 0) is 47.8 Å². The third kappa shape index (κ3) is 3.92. The van der Waals surface area contributed by atoms with Gasteiger partial charge < -0.3 is 10.6 Å². The lowest BCUT2D eigenvalue weighted by Gasteiger charge is -2.31. The number of hydrogen-bond donors (Lipinski definition) is 1. The largest absolute Gasteiger partial charge is 0.389 e. The molecule has 0 aliphatic rings. The highest BCUT2D eigenvalue weighted by molar-refractivity contribution is 9.10. The molecule has 1 rings (SSSR count). The molecule has 2 nitrogen and oxygen atoms in total. The smallest absolute Gasteiger partial charge is 0.161 e. The Bertz CT molecular complexity index is 479. The van der Waals surface area contributed by atoms with Crippen LogP contribution in [-0.2, 0) is 0 Å². The minimum absolute atomic E-state index is 0.200. The average molecular weight is 361 g/mol. The maximum absolute atomic E-state index is 14.6. The van der Waals surface area contributed by atoms with E-state index in [9.17, 15) is 4.39 Å². The van der Waals surface area contributed by atoms with Crippen LogP contribution in [0.2, 0.25) is 0 Å². The van der Waals surface area contributed by atoms with Gasteiger partial charge >= 0.3 is 0 Å². The normalized spacial score (nSPS) is 12.2. The summed E-state index contributed by atoms with van der Waals surface area (Å²) in [5.41, 5.74) is 6.75. The van der Waals surface area contributed by atoms with E-state index >= 15 is 0 Å². The number of hydrogen-bond acceptors (Lipinski definition) is 2. The zero-order valence-corrected chi connectivity index (χ0v) is 14.7. The molecule has 0 amide bonds. The van der Waals surface area contributed by atoms with Crippen LogP contribution in [0.4, 0.5) is 10.1 Å². The van der Waals surface area contributed by atoms with Crippen molar-refractivity contribution < 1.29 is 4.39 Å². The summed E-state index contributed by atoms with van der Waals surface area (Å²) in [6.07, 6.45) is 3.09. The number of nitrogens with two attached hydrogens (primary N) is 1. The van der Waals surface area contributed by atoms with Gasteiger partial charge in [0.1, 0.15) is 4.99 Å². The Balaban J connectivity index is 3.20. The first-order valence-electron chi connectivity index (χ1n) is 6.98. The fourth-order valence-electron chi connectivity index (χ4n) is 2.08. The van der Waals surface area contributed by atoms with Gasteiger partial charge in [-0.25, -0.2) is 4.39 Å². The zero-order valence-electron chi connectivity index (χ0n) is 12.2. The summed E-state index contributed by atoms with van der Waals surface area (Å²) >= 11 is 8.20. The van der Waals surface area contributed by atoms with Gasteiger partial charge in [0.15, 0.2) is 5.82 Å². The molecule has 1 aromatic carbocycles. The van der Waals surface area contributed by atoms with Gasteiger partial charge in [0.2, 0.25) is 0 Å². The molecule has 0 bridgehead atoms. The fourth-order valence-corrected chi connectivity index (χ4v) is 2.93. The van der Waals surface area contributed by atoms with E-state index < -0.39 is 0 Å². The Labute approximate surface area is 134 Å². The second-order valence-corrected chi connectivity index (χ2v) is 6.16. The van der Waals surface area contributed by atoms with Crippen LogP contribution in [-0.4, -0.2) is 17.6 Å². The van der Waals surface area contributed by atoms with Crippen molar-refractivity contribution >= 4 is 38.8 Å². The van der Waals surface area contributed by atoms with Crippen molar-refractivity contribution in [3.8, 4) is 0 Å². The number of nitrogens with zero attached hydrogens (tertiary/aromatic N) is 1. The van der Waals surface area contributed by atoms with Gasteiger partial charge in [-0.15, -0.1) is 0 Å². The highest BCUT2D eigenvalue weighted by atomic mass is 79.9. The monoisotopic (exact) mass is 360 g/mol. The highest BCUT2D eigenvalue weighted by Crippen LogP contribution is 2.31. The summed E-state index contributed by atoms with van der Waals surface area (Å²) < 4.78 is 14.9. The van der Waals surface area contributed by atoms with Crippen LogP contribution in [0, 0.1) is 5.82 Å². The number of unbranched alkanes of at least 4 members (excludes halogenated alkanes) is 1. The Kier molecular flexibility index (Phi) is 6.89. The van der Waals surface area contributed by atoms with Crippen LogP contribution in [0.1, 0.15) is 45.6 Å². The van der Waals surface area contributed by atoms with Crippen LogP contribution in [0.3, 0.4) is 0 Å². The summed E-state index contributed by atoms with van der Waals surface area (Å²) in [7, 11) is 0. The Morgan fingerprint density at radius 1 is 1.45 bits per heavy atom. The van der Waals surface area contributed by atoms with E-state index in [1.165, 1.54) is 0 Å². The number of anilines is 1. The van der Waals surface area contributed by atoms with Crippen LogP contribution in [0.25, 0.3) is 0 Å². The minimum Gasteiger partial charge on any atom is -0.389 e. The van der Waals surface area contributed by atoms with Crippen molar-refractivity contribution in [2.75, 3.05) is 11.4 Å². The third-order valence-electron chi connectivity index (χ3n) is 3.51. The first-order valence-corrected chi connectivity index (χ1v) is 8.18.